The van der Waals surface area contributed by atoms with E-state index in [-0.39, 0.29) is 8.61 Å². The van der Waals surface area contributed by atoms with Crippen LogP contribution in [0.5, 0.6) is 0 Å². The third-order valence-corrected chi connectivity index (χ3v) is 3.23. The molecule has 0 fully saturated rings. The fraction of sp³-hybridized carbons (Fsp3) is 0. The number of aromatic nitrogens is 1. The van der Waals surface area contributed by atoms with Crippen molar-refractivity contribution in [2.24, 2.45) is 0 Å². The maximum atomic E-state index is 11.2. The molecule has 0 unspecified atom stereocenters. The number of hydrogen-bond acceptors (Lipinski definition) is 1. The van der Waals surface area contributed by atoms with Crippen LogP contribution in [0.2, 0.25) is 0 Å². The molecule has 0 aliphatic carbocycles. The lowest BCUT2D eigenvalue weighted by Crippen LogP contribution is -1.77. The first-order valence-corrected chi connectivity index (χ1v) is 5.50. The van der Waals surface area contributed by atoms with E-state index in [0.717, 1.165) is 21.8 Å². The van der Waals surface area contributed by atoms with Crippen LogP contribution in [0.3, 0.4) is 0 Å². The van der Waals surface area contributed by atoms with Crippen molar-refractivity contribution < 1.29 is 4.57 Å². The fourth-order valence-electron chi connectivity index (χ4n) is 1.99. The Morgan fingerprint density at radius 1 is 0.800 bits per heavy atom. The lowest BCUT2D eigenvalue weighted by atomic mass is 10.2. The quantitative estimate of drug-likeness (QED) is 0.563. The van der Waals surface area contributed by atoms with Crippen molar-refractivity contribution in [3.63, 3.8) is 0 Å². The Morgan fingerprint density at radius 2 is 1.27 bits per heavy atom. The van der Waals surface area contributed by atoms with Crippen molar-refractivity contribution in [1.29, 1.82) is 0 Å². The number of fused-ring (bicyclic) bond motifs is 3. The van der Waals surface area contributed by atoms with Crippen molar-refractivity contribution in [3.8, 4) is 0 Å². The zero-order valence-corrected chi connectivity index (χ0v) is 8.82. The lowest BCUT2D eigenvalue weighted by Gasteiger charge is -1.92. The van der Waals surface area contributed by atoms with Gasteiger partial charge in [-0.1, -0.05) is 36.4 Å². The molecule has 2 nitrogen and oxygen atoms in total. The van der Waals surface area contributed by atoms with Crippen molar-refractivity contribution in [2.75, 3.05) is 0 Å². The highest BCUT2D eigenvalue weighted by Crippen LogP contribution is 2.31. The van der Waals surface area contributed by atoms with E-state index in [1.807, 2.05) is 36.4 Å². The smallest absolute Gasteiger partial charge is 0.259 e. The topological polar surface area (TPSA) is 22.0 Å². The van der Waals surface area contributed by atoms with Gasteiger partial charge in [-0.05, 0) is 12.1 Å². The van der Waals surface area contributed by atoms with Crippen molar-refractivity contribution in [1.82, 2.24) is 4.34 Å². The summed E-state index contributed by atoms with van der Waals surface area (Å²) in [5.74, 6) is 0. The third-order valence-electron chi connectivity index (χ3n) is 2.64. The highest BCUT2D eigenvalue weighted by atomic mass is 31.1. The van der Waals surface area contributed by atoms with Gasteiger partial charge < -0.3 is 0 Å². The molecule has 0 aliphatic heterocycles. The number of hydrogen-bond donors (Lipinski definition) is 0. The van der Waals surface area contributed by atoms with Crippen LogP contribution >= 0.6 is 8.61 Å². The number of nitrogens with zero attached hydrogens (tertiary/aromatic N) is 1. The number of benzene rings is 2. The monoisotopic (exact) mass is 213 g/mol. The van der Waals surface area contributed by atoms with Crippen molar-refractivity contribution in [3.05, 3.63) is 48.5 Å². The van der Waals surface area contributed by atoms with E-state index < -0.39 is 0 Å². The first-order chi connectivity index (χ1) is 7.42. The summed E-state index contributed by atoms with van der Waals surface area (Å²) < 4.78 is 12.9. The largest absolute Gasteiger partial charge is 0.287 e. The summed E-state index contributed by atoms with van der Waals surface area (Å²) in [5, 5.41) is 2.30. The minimum absolute atomic E-state index is 0.0149. The van der Waals surface area contributed by atoms with Crippen LogP contribution < -0.4 is 0 Å². The Labute approximate surface area is 88.4 Å². The van der Waals surface area contributed by atoms with E-state index in [1.54, 1.807) is 4.34 Å². The summed E-state index contributed by atoms with van der Waals surface area (Å²) in [6.45, 7) is 0. The molecule has 0 radical (unpaired) electrons. The molecule has 3 rings (SSSR count). The molecule has 1 heterocycles. The van der Waals surface area contributed by atoms with Gasteiger partial charge in [0.2, 0.25) is 0 Å². The van der Waals surface area contributed by atoms with Gasteiger partial charge in [0.25, 0.3) is 8.61 Å². The fourth-order valence-corrected chi connectivity index (χ4v) is 2.51. The average Bonchev–Trinajstić information content (AvgIpc) is 2.63. The predicted octanol–water partition coefficient (Wildman–Crippen LogP) is 3.85. The molecule has 0 bridgehead atoms. The SMILES string of the molecule is O=Pn1c2ccccc2c2ccccc21. The second kappa shape index (κ2) is 3.18. The van der Waals surface area contributed by atoms with Gasteiger partial charge in [0.05, 0.1) is 11.0 Å². The van der Waals surface area contributed by atoms with Crippen LogP contribution in [-0.2, 0) is 4.57 Å². The molecule has 15 heavy (non-hydrogen) atoms. The van der Waals surface area contributed by atoms with Gasteiger partial charge >= 0.3 is 0 Å². The summed E-state index contributed by atoms with van der Waals surface area (Å²) >= 11 is 0. The molecule has 0 N–H and O–H groups in total. The second-order valence-electron chi connectivity index (χ2n) is 3.43. The Balaban J connectivity index is 2.68. The molecule has 0 spiro atoms. The van der Waals surface area contributed by atoms with E-state index in [1.165, 1.54) is 0 Å². The molecule has 3 heteroatoms. The minimum atomic E-state index is 0.0149. The summed E-state index contributed by atoms with van der Waals surface area (Å²) in [6.07, 6.45) is 0. The van der Waals surface area contributed by atoms with Crippen LogP contribution in [0.1, 0.15) is 0 Å². The molecule has 0 atom stereocenters. The second-order valence-corrected chi connectivity index (χ2v) is 3.99. The molecule has 0 saturated carbocycles. The van der Waals surface area contributed by atoms with Crippen LogP contribution in [0.15, 0.2) is 48.5 Å². The van der Waals surface area contributed by atoms with Gasteiger partial charge in [0.15, 0.2) is 0 Å². The zero-order valence-electron chi connectivity index (χ0n) is 7.92. The standard InChI is InChI=1S/C12H8NOP/c14-15-13-11-7-3-1-5-9(11)10-6-2-4-8-12(10)13/h1-8H. The third kappa shape index (κ3) is 1.12. The van der Waals surface area contributed by atoms with Crippen molar-refractivity contribution in [2.45, 2.75) is 0 Å². The molecule has 0 amide bonds. The van der Waals surface area contributed by atoms with Gasteiger partial charge in [-0.15, -0.1) is 0 Å². The summed E-state index contributed by atoms with van der Waals surface area (Å²) in [5.41, 5.74) is 2.02. The zero-order chi connectivity index (χ0) is 10.3. The minimum Gasteiger partial charge on any atom is -0.259 e. The van der Waals surface area contributed by atoms with Crippen LogP contribution in [0.25, 0.3) is 21.8 Å². The predicted molar refractivity (Wildman–Crippen MR) is 62.4 cm³/mol. The molecule has 72 valence electrons. The van der Waals surface area contributed by atoms with Gasteiger partial charge in [-0.3, -0.25) is 4.34 Å². The van der Waals surface area contributed by atoms with E-state index in [2.05, 4.69) is 12.1 Å². The highest BCUT2D eigenvalue weighted by molar-refractivity contribution is 7.22. The summed E-state index contributed by atoms with van der Waals surface area (Å²) in [7, 11) is 0.0149. The molecule has 0 aliphatic rings. The van der Waals surface area contributed by atoms with E-state index in [0.29, 0.717) is 0 Å². The van der Waals surface area contributed by atoms with Crippen LogP contribution in [0.4, 0.5) is 0 Å². The molecular weight excluding hydrogens is 205 g/mol. The Bertz CT molecular complexity index is 604. The maximum absolute atomic E-state index is 11.2. The Hall–Kier alpha value is -1.66. The van der Waals surface area contributed by atoms with Crippen LogP contribution in [-0.4, -0.2) is 4.34 Å². The van der Waals surface area contributed by atoms with Crippen LogP contribution in [0, 0.1) is 0 Å². The van der Waals surface area contributed by atoms with E-state index >= 15 is 0 Å². The average molecular weight is 213 g/mol. The highest BCUT2D eigenvalue weighted by Gasteiger charge is 2.08. The maximum Gasteiger partial charge on any atom is 0.287 e. The lowest BCUT2D eigenvalue weighted by molar-refractivity contribution is 0.596. The summed E-state index contributed by atoms with van der Waals surface area (Å²) in [6, 6.07) is 16.0. The summed E-state index contributed by atoms with van der Waals surface area (Å²) in [4.78, 5) is 0. The first kappa shape index (κ1) is 8.63. The normalized spacial score (nSPS) is 11.5. The Kier molecular flexibility index (Phi) is 1.83. The van der Waals surface area contributed by atoms with E-state index in [4.69, 9.17) is 0 Å². The molecule has 2 aromatic carbocycles. The van der Waals surface area contributed by atoms with Gasteiger partial charge in [-0.2, -0.15) is 0 Å². The first-order valence-electron chi connectivity index (χ1n) is 4.73. The Morgan fingerprint density at radius 3 is 1.73 bits per heavy atom. The molecule has 1 aromatic heterocycles. The van der Waals surface area contributed by atoms with Gasteiger partial charge in [-0.25, -0.2) is 4.57 Å². The molecule has 0 saturated heterocycles. The van der Waals surface area contributed by atoms with Gasteiger partial charge in [0.1, 0.15) is 0 Å². The van der Waals surface area contributed by atoms with Gasteiger partial charge in [0, 0.05) is 10.8 Å². The number of rotatable bonds is 1. The molecular formula is C12H8NOP. The number of para-hydroxylation sites is 2. The van der Waals surface area contributed by atoms with E-state index in [9.17, 15) is 4.57 Å². The van der Waals surface area contributed by atoms with Crippen molar-refractivity contribution >= 4 is 30.4 Å². The molecule has 3 aromatic rings.